The molecular formula is C4H3N2NaO4. The Labute approximate surface area is 83.9 Å². The molecule has 0 fully saturated rings. The van der Waals surface area contributed by atoms with Gasteiger partial charge in [-0.05, 0) is 0 Å². The van der Waals surface area contributed by atoms with Crippen molar-refractivity contribution in [2.24, 2.45) is 10.2 Å². The number of rotatable bonds is 0. The van der Waals surface area contributed by atoms with Crippen LogP contribution in [0.2, 0.25) is 0 Å². The molecule has 7 heteroatoms. The maximum absolute atomic E-state index is 9.90. The van der Waals surface area contributed by atoms with E-state index < -0.39 is 6.16 Å². The van der Waals surface area contributed by atoms with Crippen LogP contribution in [0, 0.1) is 0 Å². The molecule has 0 bridgehead atoms. The van der Waals surface area contributed by atoms with Crippen molar-refractivity contribution in [2.45, 2.75) is 0 Å². The van der Waals surface area contributed by atoms with Crippen LogP contribution < -0.4 is 34.7 Å². The summed E-state index contributed by atoms with van der Waals surface area (Å²) in [5.41, 5.74) is 0. The number of azo groups is 1. The van der Waals surface area contributed by atoms with E-state index in [1.807, 2.05) is 0 Å². The maximum Gasteiger partial charge on any atom is 1.00 e. The number of hydrogen-bond donors (Lipinski definition) is 1. The van der Waals surface area contributed by atoms with Gasteiger partial charge in [-0.15, -0.1) is 5.11 Å². The molecule has 0 radical (unpaired) electrons. The Kier molecular flexibility index (Phi) is 8.67. The number of carbonyl (C=O) groups excluding carboxylic acids is 1. The largest absolute Gasteiger partial charge is 1.00 e. The van der Waals surface area contributed by atoms with Gasteiger partial charge in [0.2, 0.25) is 6.16 Å². The van der Waals surface area contributed by atoms with Crippen LogP contribution >= 0.6 is 0 Å². The maximum atomic E-state index is 9.90. The number of carboxylic acid groups (broad SMARTS) is 2. The van der Waals surface area contributed by atoms with Crippen molar-refractivity contribution in [1.29, 1.82) is 0 Å². The molecule has 1 heterocycles. The normalized spacial score (nSPS) is 11.5. The van der Waals surface area contributed by atoms with Gasteiger partial charge in [-0.25, -0.2) is 0 Å². The van der Waals surface area contributed by atoms with Crippen LogP contribution in [0.25, 0.3) is 0 Å². The summed E-state index contributed by atoms with van der Waals surface area (Å²) < 4.78 is 0. The zero-order valence-corrected chi connectivity index (χ0v) is 7.72. The van der Waals surface area contributed by atoms with Crippen molar-refractivity contribution < 1.29 is 49.4 Å². The summed E-state index contributed by atoms with van der Waals surface area (Å²) in [4.78, 5) is 18.3. The van der Waals surface area contributed by atoms with Crippen molar-refractivity contribution >= 4 is 12.1 Å². The zero-order chi connectivity index (χ0) is 7.98. The van der Waals surface area contributed by atoms with Crippen LogP contribution in [-0.4, -0.2) is 17.2 Å². The van der Waals surface area contributed by atoms with Gasteiger partial charge in [0.15, 0.2) is 0 Å². The van der Waals surface area contributed by atoms with Crippen LogP contribution in [0.1, 0.15) is 0 Å². The molecule has 0 saturated carbocycles. The SMILES string of the molecule is O=C([O-])O.O=C1C=CN=N1.[Na+]. The predicted octanol–water partition coefficient (Wildman–Crippen LogP) is -3.62. The summed E-state index contributed by atoms with van der Waals surface area (Å²) in [5.74, 6) is -0.269. The molecule has 0 aromatic heterocycles. The molecule has 1 N–H and O–H groups in total. The quantitative estimate of drug-likeness (QED) is 0.375. The van der Waals surface area contributed by atoms with E-state index in [-0.39, 0.29) is 35.5 Å². The van der Waals surface area contributed by atoms with E-state index in [1.54, 1.807) is 0 Å². The monoisotopic (exact) mass is 166 g/mol. The first-order chi connectivity index (χ1) is 4.63. The molecule has 54 valence electrons. The summed E-state index contributed by atoms with van der Waals surface area (Å²) in [6.45, 7) is 0. The third-order valence-corrected chi connectivity index (χ3v) is 0.440. The Morgan fingerprint density at radius 3 is 2.18 bits per heavy atom. The standard InChI is InChI=1S/C3H2N2O.CH2O3.Na/c6-3-1-2-4-5-3;2-1(3)4;/h1-2H;(H2,2,3,4);/q;;+1/p-1. The molecule has 11 heavy (non-hydrogen) atoms. The number of nitrogens with zero attached hydrogens (tertiary/aromatic N) is 2. The minimum absolute atomic E-state index is 0. The second kappa shape index (κ2) is 7.39. The fourth-order valence-corrected chi connectivity index (χ4v) is 0.221. The van der Waals surface area contributed by atoms with Crippen molar-refractivity contribution in [3.05, 3.63) is 12.3 Å². The molecule has 0 atom stereocenters. The molecule has 0 aliphatic carbocycles. The zero-order valence-electron chi connectivity index (χ0n) is 5.72. The number of hydrogen-bond acceptors (Lipinski definition) is 4. The molecule has 1 amide bonds. The molecular weight excluding hydrogens is 163 g/mol. The van der Waals surface area contributed by atoms with Gasteiger partial charge in [0.1, 0.15) is 0 Å². The van der Waals surface area contributed by atoms with Gasteiger partial charge in [-0.1, -0.05) is 0 Å². The van der Waals surface area contributed by atoms with Crippen molar-refractivity contribution in [2.75, 3.05) is 0 Å². The first kappa shape index (κ1) is 12.9. The predicted molar refractivity (Wildman–Crippen MR) is 27.0 cm³/mol. The minimum Gasteiger partial charge on any atom is -0.565 e. The smallest absolute Gasteiger partial charge is 0.565 e. The third kappa shape index (κ3) is 12.5. The summed E-state index contributed by atoms with van der Waals surface area (Å²) >= 11 is 0. The fraction of sp³-hybridized carbons (Fsp3) is 0. The van der Waals surface area contributed by atoms with E-state index in [2.05, 4.69) is 10.2 Å². The molecule has 1 aliphatic rings. The summed E-state index contributed by atoms with van der Waals surface area (Å²) in [6.07, 6.45) is 0.586. The molecule has 0 unspecified atom stereocenters. The Morgan fingerprint density at radius 2 is 2.09 bits per heavy atom. The van der Waals surface area contributed by atoms with Crippen LogP contribution in [0.3, 0.4) is 0 Å². The Hall–Kier alpha value is -0.720. The van der Waals surface area contributed by atoms with E-state index in [0.717, 1.165) is 0 Å². The second-order valence-corrected chi connectivity index (χ2v) is 1.14. The molecule has 1 aliphatic heterocycles. The van der Waals surface area contributed by atoms with E-state index in [4.69, 9.17) is 15.0 Å². The van der Waals surface area contributed by atoms with Gasteiger partial charge in [-0.3, -0.25) is 4.79 Å². The van der Waals surface area contributed by atoms with Crippen LogP contribution in [0.5, 0.6) is 0 Å². The van der Waals surface area contributed by atoms with Crippen LogP contribution in [0.15, 0.2) is 22.5 Å². The van der Waals surface area contributed by atoms with E-state index in [1.165, 1.54) is 12.3 Å². The van der Waals surface area contributed by atoms with Gasteiger partial charge >= 0.3 is 29.6 Å². The molecule has 0 saturated heterocycles. The molecule has 6 nitrogen and oxygen atoms in total. The molecule has 0 spiro atoms. The average molecular weight is 166 g/mol. The summed E-state index contributed by atoms with van der Waals surface area (Å²) in [7, 11) is 0. The van der Waals surface area contributed by atoms with Crippen molar-refractivity contribution in [3.8, 4) is 0 Å². The summed E-state index contributed by atoms with van der Waals surface area (Å²) in [6, 6.07) is 0. The molecule has 0 aromatic rings. The van der Waals surface area contributed by atoms with Gasteiger partial charge in [0, 0.05) is 6.08 Å². The van der Waals surface area contributed by atoms with Gasteiger partial charge in [0.05, 0.1) is 6.20 Å². The van der Waals surface area contributed by atoms with Gasteiger partial charge in [0.25, 0.3) is 5.91 Å². The van der Waals surface area contributed by atoms with Gasteiger partial charge < -0.3 is 15.0 Å². The first-order valence-electron chi connectivity index (χ1n) is 2.14. The Bertz CT molecular complexity index is 182. The second-order valence-electron chi connectivity index (χ2n) is 1.14. The fourth-order valence-electron chi connectivity index (χ4n) is 0.221. The van der Waals surface area contributed by atoms with Crippen LogP contribution in [-0.2, 0) is 4.79 Å². The van der Waals surface area contributed by atoms with Crippen molar-refractivity contribution in [3.63, 3.8) is 0 Å². The van der Waals surface area contributed by atoms with Crippen LogP contribution in [0.4, 0.5) is 4.79 Å². The first-order valence-corrected chi connectivity index (χ1v) is 2.14. The minimum atomic E-state index is -2.08. The molecule has 0 aromatic carbocycles. The van der Waals surface area contributed by atoms with E-state index in [0.29, 0.717) is 0 Å². The molecule has 1 rings (SSSR count). The van der Waals surface area contributed by atoms with E-state index >= 15 is 0 Å². The summed E-state index contributed by atoms with van der Waals surface area (Å²) in [5, 5.41) is 21.7. The average Bonchev–Trinajstić information content (AvgIpc) is 2.15. The van der Waals surface area contributed by atoms with Gasteiger partial charge in [-0.2, -0.15) is 5.11 Å². The van der Waals surface area contributed by atoms with Crippen molar-refractivity contribution in [1.82, 2.24) is 0 Å². The topological polar surface area (TPSA) is 102 Å². The Morgan fingerprint density at radius 1 is 1.64 bits per heavy atom. The number of carbonyl (C=O) groups is 2. The number of amides is 1. The third-order valence-electron chi connectivity index (χ3n) is 0.440. The van der Waals surface area contributed by atoms with E-state index in [9.17, 15) is 4.79 Å². The Balaban J connectivity index is 0.